The van der Waals surface area contributed by atoms with Crippen molar-refractivity contribution in [2.24, 2.45) is 30.7 Å². The molecule has 0 atom stereocenters. The van der Waals surface area contributed by atoms with Crippen LogP contribution in [0.5, 0.6) is 5.75 Å². The van der Waals surface area contributed by atoms with Crippen LogP contribution in [0.1, 0.15) is 21.5 Å². The van der Waals surface area contributed by atoms with Gasteiger partial charge in [0.1, 0.15) is 5.69 Å². The number of benzene rings is 6. The van der Waals surface area contributed by atoms with Gasteiger partial charge in [0.05, 0.1) is 28.4 Å². The van der Waals surface area contributed by atoms with E-state index >= 15 is 0 Å². The summed E-state index contributed by atoms with van der Waals surface area (Å²) >= 11 is 0. The lowest BCUT2D eigenvalue weighted by Gasteiger charge is -2.09. The lowest BCUT2D eigenvalue weighted by molar-refractivity contribution is 0.102. The number of amides is 1. The molecule has 6 aromatic rings. The van der Waals surface area contributed by atoms with Crippen LogP contribution >= 0.6 is 0 Å². The van der Waals surface area contributed by atoms with Crippen molar-refractivity contribution in [1.29, 1.82) is 0 Å². The zero-order chi connectivity index (χ0) is 32.8. The van der Waals surface area contributed by atoms with E-state index in [1.165, 1.54) is 0 Å². The molecule has 0 unspecified atom stereocenters. The molecule has 0 heterocycles. The average Bonchev–Trinajstić information content (AvgIpc) is 3.09. The number of phenols is 1. The largest absolute Gasteiger partial charge is 0.505 e. The Hall–Kier alpha value is -6.55. The number of anilines is 2. The van der Waals surface area contributed by atoms with Gasteiger partial charge in [0, 0.05) is 22.3 Å². The van der Waals surface area contributed by atoms with E-state index in [4.69, 9.17) is 5.73 Å². The van der Waals surface area contributed by atoms with Gasteiger partial charge in [-0.25, -0.2) is 0 Å². The van der Waals surface area contributed by atoms with E-state index in [0.717, 1.165) is 27.9 Å². The molecule has 0 aliphatic rings. The van der Waals surface area contributed by atoms with Crippen LogP contribution in [-0.4, -0.2) is 11.0 Å². The number of phenolic OH excluding ortho intramolecular Hbond substituents is 1. The lowest BCUT2D eigenvalue weighted by atomic mass is 10.1. The highest BCUT2D eigenvalue weighted by atomic mass is 16.3. The van der Waals surface area contributed by atoms with Gasteiger partial charge in [-0.05, 0) is 127 Å². The molecule has 0 fully saturated rings. The average molecular weight is 619 g/mol. The highest BCUT2D eigenvalue weighted by Crippen LogP contribution is 2.38. The Labute approximate surface area is 271 Å². The third-order valence-electron chi connectivity index (χ3n) is 7.34. The maximum Gasteiger partial charge on any atom is 0.255 e. The molecule has 0 saturated carbocycles. The zero-order valence-electron chi connectivity index (χ0n) is 25.7. The van der Waals surface area contributed by atoms with Gasteiger partial charge in [0.2, 0.25) is 0 Å². The fraction of sp³-hybridized carbons (Fsp3) is 0.0541. The van der Waals surface area contributed by atoms with Crippen molar-refractivity contribution >= 4 is 62.2 Å². The summed E-state index contributed by atoms with van der Waals surface area (Å²) in [6, 6.07) is 36.1. The van der Waals surface area contributed by atoms with Crippen molar-refractivity contribution in [3.05, 3.63) is 138 Å². The summed E-state index contributed by atoms with van der Waals surface area (Å²) in [5.74, 6) is -0.260. The molecule has 6 rings (SSSR count). The van der Waals surface area contributed by atoms with Crippen molar-refractivity contribution in [2.45, 2.75) is 13.8 Å². The molecule has 1 amide bonds. The Morgan fingerprint density at radius 3 is 1.79 bits per heavy atom. The minimum atomic E-state index is -0.256. The number of rotatable bonds is 8. The number of hydrogen-bond donors (Lipinski definition) is 3. The molecule has 0 aliphatic heterocycles. The Morgan fingerprint density at radius 1 is 0.596 bits per heavy atom. The number of nitrogen functional groups attached to an aromatic ring is 1. The summed E-state index contributed by atoms with van der Waals surface area (Å²) < 4.78 is 0. The van der Waals surface area contributed by atoms with Crippen LogP contribution in [0.4, 0.5) is 45.5 Å². The van der Waals surface area contributed by atoms with Gasteiger partial charge in [0.15, 0.2) is 5.75 Å². The van der Waals surface area contributed by atoms with Gasteiger partial charge in [-0.3, -0.25) is 4.79 Å². The van der Waals surface area contributed by atoms with Crippen molar-refractivity contribution in [3.63, 3.8) is 0 Å². The number of nitrogens with one attached hydrogen (secondary N) is 1. The minimum absolute atomic E-state index is 0.00462. The summed E-state index contributed by atoms with van der Waals surface area (Å²) in [5.41, 5.74) is 13.0. The van der Waals surface area contributed by atoms with Crippen LogP contribution in [0.15, 0.2) is 152 Å². The first-order valence-electron chi connectivity index (χ1n) is 14.8. The van der Waals surface area contributed by atoms with Crippen LogP contribution in [0, 0.1) is 13.8 Å². The molecule has 10 nitrogen and oxygen atoms in total. The van der Waals surface area contributed by atoms with E-state index in [0.29, 0.717) is 45.1 Å². The fourth-order valence-electron chi connectivity index (χ4n) is 4.71. The van der Waals surface area contributed by atoms with Crippen LogP contribution in [0.2, 0.25) is 0 Å². The number of fused-ring (bicyclic) bond motifs is 1. The normalized spacial score (nSPS) is 11.6. The number of nitrogens with two attached hydrogens (primary N) is 1. The quantitative estimate of drug-likeness (QED) is 0.115. The summed E-state index contributed by atoms with van der Waals surface area (Å²) in [7, 11) is 0. The predicted molar refractivity (Wildman–Crippen MR) is 186 cm³/mol. The molecule has 4 N–H and O–H groups in total. The first-order chi connectivity index (χ1) is 22.8. The molecular formula is C37H30N8O2. The van der Waals surface area contributed by atoms with Gasteiger partial charge < -0.3 is 16.2 Å². The summed E-state index contributed by atoms with van der Waals surface area (Å²) in [6.45, 7) is 3.84. The highest BCUT2D eigenvalue weighted by molar-refractivity contribution is 6.06. The summed E-state index contributed by atoms with van der Waals surface area (Å²) in [5, 5.41) is 41.2. The van der Waals surface area contributed by atoms with E-state index in [2.05, 4.69) is 36.0 Å². The topological polar surface area (TPSA) is 150 Å². The first kappa shape index (κ1) is 30.5. The minimum Gasteiger partial charge on any atom is -0.505 e. The van der Waals surface area contributed by atoms with Crippen molar-refractivity contribution in [3.8, 4) is 5.75 Å². The van der Waals surface area contributed by atoms with Crippen LogP contribution < -0.4 is 11.1 Å². The van der Waals surface area contributed by atoms with Gasteiger partial charge in [0.25, 0.3) is 5.91 Å². The number of azo groups is 3. The van der Waals surface area contributed by atoms with Gasteiger partial charge in [-0.15, -0.1) is 5.11 Å². The number of carbonyl (C=O) groups is 1. The highest BCUT2D eigenvalue weighted by Gasteiger charge is 2.11. The maximum atomic E-state index is 12.6. The smallest absolute Gasteiger partial charge is 0.255 e. The zero-order valence-corrected chi connectivity index (χ0v) is 25.7. The Bertz CT molecular complexity index is 2160. The Kier molecular flexibility index (Phi) is 8.83. The van der Waals surface area contributed by atoms with Crippen LogP contribution in [0.25, 0.3) is 10.8 Å². The number of aromatic hydroxyl groups is 1. The van der Waals surface area contributed by atoms with Crippen molar-refractivity contribution in [1.82, 2.24) is 0 Å². The second-order valence-corrected chi connectivity index (χ2v) is 10.8. The fourth-order valence-corrected chi connectivity index (χ4v) is 4.71. The molecule has 10 heteroatoms. The van der Waals surface area contributed by atoms with Gasteiger partial charge >= 0.3 is 0 Å². The molecule has 0 saturated heterocycles. The molecule has 0 aliphatic carbocycles. The van der Waals surface area contributed by atoms with E-state index in [-0.39, 0.29) is 11.7 Å². The molecule has 0 spiro atoms. The first-order valence-corrected chi connectivity index (χ1v) is 14.8. The van der Waals surface area contributed by atoms with E-state index in [9.17, 15) is 9.90 Å². The van der Waals surface area contributed by atoms with Crippen molar-refractivity contribution < 1.29 is 9.90 Å². The van der Waals surface area contributed by atoms with Crippen LogP contribution in [-0.2, 0) is 0 Å². The maximum absolute atomic E-state index is 12.6. The van der Waals surface area contributed by atoms with E-state index < -0.39 is 0 Å². The number of aryl methyl sites for hydroxylation is 2. The molecule has 0 bridgehead atoms. The number of hydrogen-bond acceptors (Lipinski definition) is 9. The summed E-state index contributed by atoms with van der Waals surface area (Å²) in [6.07, 6.45) is 0. The van der Waals surface area contributed by atoms with E-state index in [1.54, 1.807) is 48.5 Å². The number of carbonyl (C=O) groups excluding carboxylic acids is 1. The molecule has 6 aromatic carbocycles. The SMILES string of the molecule is Cc1cc(N=Nc2ccc3cc(NC(=O)c4ccc(N)cc4)ccc3c2O)c(C)cc1N=Nc1ccc(N=Nc2ccccc2)cc1. The molecule has 230 valence electrons. The molecule has 0 aromatic heterocycles. The Balaban J connectivity index is 1.13. The van der Waals surface area contributed by atoms with Gasteiger partial charge in [-0.2, -0.15) is 25.6 Å². The van der Waals surface area contributed by atoms with Crippen molar-refractivity contribution in [2.75, 3.05) is 11.1 Å². The molecule has 47 heavy (non-hydrogen) atoms. The standard InChI is InChI=1S/C37H30N8O2/c1-23-21-35(24(2)20-34(23)44-42-30-15-13-29(14-16-30)41-40-28-6-4-3-5-7-28)45-43-33-19-10-26-22-31(17-18-32(26)36(33)46)39-37(47)25-8-11-27(38)12-9-25/h3-22,46H,38H2,1-2H3,(H,39,47). The van der Waals surface area contributed by atoms with E-state index in [1.807, 2.05) is 86.6 Å². The second-order valence-electron chi connectivity index (χ2n) is 10.8. The lowest BCUT2D eigenvalue weighted by Crippen LogP contribution is -2.11. The van der Waals surface area contributed by atoms with Crippen LogP contribution in [0.3, 0.4) is 0 Å². The Morgan fingerprint density at radius 2 is 1.15 bits per heavy atom. The monoisotopic (exact) mass is 618 g/mol. The second kappa shape index (κ2) is 13.6. The van der Waals surface area contributed by atoms with Gasteiger partial charge in [-0.1, -0.05) is 24.3 Å². The molecule has 0 radical (unpaired) electrons. The summed E-state index contributed by atoms with van der Waals surface area (Å²) in [4.78, 5) is 12.6. The number of nitrogens with zero attached hydrogens (tertiary/aromatic N) is 6. The third kappa shape index (κ3) is 7.40. The third-order valence-corrected chi connectivity index (χ3v) is 7.34. The molecular weight excluding hydrogens is 588 g/mol. The predicted octanol–water partition coefficient (Wildman–Crippen LogP) is 11.2.